The normalized spacial score (nSPS) is 11.8. The number of esters is 1. The summed E-state index contributed by atoms with van der Waals surface area (Å²) in [6, 6.07) is 19.0. The summed E-state index contributed by atoms with van der Waals surface area (Å²) in [6.07, 6.45) is -4.48. The van der Waals surface area contributed by atoms with E-state index in [0.29, 0.717) is 91.6 Å². The number of rotatable bonds is 32. The summed E-state index contributed by atoms with van der Waals surface area (Å²) in [5, 5.41) is 2.85. The Labute approximate surface area is 325 Å². The van der Waals surface area contributed by atoms with Gasteiger partial charge in [0.25, 0.3) is 10.1 Å². The van der Waals surface area contributed by atoms with Crippen LogP contribution in [0.2, 0.25) is 0 Å². The highest BCUT2D eigenvalue weighted by atomic mass is 32.2. The lowest BCUT2D eigenvalue weighted by molar-refractivity contribution is -0.137. The molecule has 3 aromatic carbocycles. The van der Waals surface area contributed by atoms with E-state index in [2.05, 4.69) is 5.32 Å². The van der Waals surface area contributed by atoms with Crippen LogP contribution in [0.25, 0.3) is 0 Å². The second-order valence-corrected chi connectivity index (χ2v) is 13.0. The molecule has 0 heterocycles. The van der Waals surface area contributed by atoms with Crippen molar-refractivity contribution < 1.29 is 73.2 Å². The average molecular weight is 818 g/mol. The molecular weight excluding hydrogens is 767 g/mol. The lowest BCUT2D eigenvalue weighted by atomic mass is 10.1. The molecular formula is C38H50F3NO13S. The zero-order valence-corrected chi connectivity index (χ0v) is 31.9. The molecule has 0 saturated heterocycles. The van der Waals surface area contributed by atoms with Crippen molar-refractivity contribution in [1.29, 1.82) is 0 Å². The molecule has 0 aromatic heterocycles. The maximum absolute atomic E-state index is 13.1. The fraction of sp³-hybridized carbons (Fsp3) is 0.500. The Balaban J connectivity index is 1.02. The van der Waals surface area contributed by atoms with Gasteiger partial charge in [-0.1, -0.05) is 36.4 Å². The topological polar surface area (TPSA) is 156 Å². The van der Waals surface area contributed by atoms with Gasteiger partial charge in [0.15, 0.2) is 0 Å². The molecule has 3 aromatic rings. The van der Waals surface area contributed by atoms with Gasteiger partial charge in [-0.25, -0.2) is 4.79 Å². The lowest BCUT2D eigenvalue weighted by Gasteiger charge is -2.13. The quantitative estimate of drug-likeness (QED) is 0.0502. The number of para-hydroxylation sites is 1. The minimum Gasteiger partial charge on any atom is -0.460 e. The molecule has 1 N–H and O–H groups in total. The number of hydrogen-bond donors (Lipinski definition) is 1. The molecule has 0 saturated carbocycles. The standard InChI is InChI=1S/C38H50F3NO13S/c39-38(40,41)32-7-6-8-33(31-32)42-36-12-5-4-11-35(36)37(43)54-29-27-52-25-23-50-21-19-48-17-15-46-13-14-47-16-18-49-20-22-51-24-26-53-28-30-55-56(44,45)34-9-2-1-3-10-34/h1-12,31,42H,13-30H2. The predicted octanol–water partition coefficient (Wildman–Crippen LogP) is 5.14. The first kappa shape index (κ1) is 46.7. The molecule has 0 bridgehead atoms. The first-order chi connectivity index (χ1) is 27.2. The highest BCUT2D eigenvalue weighted by Crippen LogP contribution is 2.32. The van der Waals surface area contributed by atoms with Crippen molar-refractivity contribution >= 4 is 27.5 Å². The summed E-state index contributed by atoms with van der Waals surface area (Å²) in [6.45, 7) is 5.47. The molecule has 0 radical (unpaired) electrons. The number of benzene rings is 3. The maximum atomic E-state index is 13.1. The molecule has 18 heteroatoms. The minimum absolute atomic E-state index is 0.0134. The van der Waals surface area contributed by atoms with Gasteiger partial charge < -0.3 is 47.9 Å². The summed E-state index contributed by atoms with van der Waals surface area (Å²) in [5.74, 6) is -0.638. The van der Waals surface area contributed by atoms with Crippen molar-refractivity contribution in [2.45, 2.75) is 11.1 Å². The Morgan fingerprint density at radius 3 is 1.43 bits per heavy atom. The maximum Gasteiger partial charge on any atom is 0.416 e. The SMILES string of the molecule is O=C(OCCOCCOCCOCCOCCOCCOCCOCCOCCOS(=O)(=O)c1ccccc1)c1ccccc1Nc1cccc(C(F)(F)F)c1. The van der Waals surface area contributed by atoms with Crippen LogP contribution >= 0.6 is 0 Å². The molecule has 0 atom stereocenters. The number of halogens is 3. The van der Waals surface area contributed by atoms with Crippen molar-refractivity contribution in [2.24, 2.45) is 0 Å². The van der Waals surface area contributed by atoms with Gasteiger partial charge in [0.2, 0.25) is 0 Å². The number of anilines is 2. The predicted molar refractivity (Wildman–Crippen MR) is 198 cm³/mol. The highest BCUT2D eigenvalue weighted by molar-refractivity contribution is 7.86. The molecule has 0 aliphatic rings. The van der Waals surface area contributed by atoms with Crippen molar-refractivity contribution in [1.82, 2.24) is 0 Å². The van der Waals surface area contributed by atoms with E-state index in [4.69, 9.17) is 46.8 Å². The van der Waals surface area contributed by atoms with Crippen molar-refractivity contribution in [3.63, 3.8) is 0 Å². The van der Waals surface area contributed by atoms with Gasteiger partial charge in [0.05, 0.1) is 134 Å². The number of alkyl halides is 3. The first-order valence-corrected chi connectivity index (χ1v) is 19.3. The van der Waals surface area contributed by atoms with Gasteiger partial charge in [-0.3, -0.25) is 4.18 Å². The van der Waals surface area contributed by atoms with Gasteiger partial charge in [-0.15, -0.1) is 0 Å². The Bertz CT molecular complexity index is 1600. The van der Waals surface area contributed by atoms with E-state index in [-0.39, 0.29) is 49.2 Å². The van der Waals surface area contributed by atoms with E-state index in [1.54, 1.807) is 36.4 Å². The van der Waals surface area contributed by atoms with Gasteiger partial charge in [0, 0.05) is 5.69 Å². The third-order valence-electron chi connectivity index (χ3n) is 7.18. The second-order valence-electron chi connectivity index (χ2n) is 11.4. The molecule has 0 aliphatic carbocycles. The van der Waals surface area contributed by atoms with Gasteiger partial charge in [0.1, 0.15) is 6.61 Å². The van der Waals surface area contributed by atoms with E-state index >= 15 is 0 Å². The van der Waals surface area contributed by atoms with E-state index in [1.165, 1.54) is 30.3 Å². The van der Waals surface area contributed by atoms with E-state index in [0.717, 1.165) is 12.1 Å². The number of nitrogens with one attached hydrogen (secondary N) is 1. The number of carbonyl (C=O) groups excluding carboxylic acids is 1. The van der Waals surface area contributed by atoms with Gasteiger partial charge in [-0.05, 0) is 42.5 Å². The molecule has 0 spiro atoms. The first-order valence-electron chi connectivity index (χ1n) is 17.9. The van der Waals surface area contributed by atoms with Crippen LogP contribution in [-0.4, -0.2) is 133 Å². The van der Waals surface area contributed by atoms with Crippen LogP contribution in [0.5, 0.6) is 0 Å². The fourth-order valence-corrected chi connectivity index (χ4v) is 5.38. The van der Waals surface area contributed by atoms with Crippen molar-refractivity contribution in [3.05, 3.63) is 90.0 Å². The Kier molecular flexibility index (Phi) is 23.2. The van der Waals surface area contributed by atoms with Crippen molar-refractivity contribution in [3.8, 4) is 0 Å². The second kappa shape index (κ2) is 27.8. The Morgan fingerprint density at radius 1 is 0.518 bits per heavy atom. The van der Waals surface area contributed by atoms with E-state index in [9.17, 15) is 26.4 Å². The molecule has 3 rings (SSSR count). The zero-order chi connectivity index (χ0) is 40.2. The number of hydrogen-bond acceptors (Lipinski definition) is 14. The van der Waals surface area contributed by atoms with Crippen LogP contribution in [0.15, 0.2) is 83.8 Å². The number of carbonyl (C=O) groups is 1. The number of ether oxygens (including phenoxy) is 9. The van der Waals surface area contributed by atoms with Crippen molar-refractivity contribution in [2.75, 3.05) is 124 Å². The van der Waals surface area contributed by atoms with Crippen LogP contribution in [0.4, 0.5) is 24.5 Å². The monoisotopic (exact) mass is 817 g/mol. The van der Waals surface area contributed by atoms with Crippen LogP contribution in [0, 0.1) is 0 Å². The summed E-state index contributed by atoms with van der Waals surface area (Å²) in [7, 11) is -3.78. The van der Waals surface area contributed by atoms with Crippen LogP contribution in [-0.2, 0) is 63.1 Å². The van der Waals surface area contributed by atoms with Crippen LogP contribution < -0.4 is 5.32 Å². The Hall–Kier alpha value is -3.69. The smallest absolute Gasteiger partial charge is 0.416 e. The molecule has 14 nitrogen and oxygen atoms in total. The third kappa shape index (κ3) is 20.5. The van der Waals surface area contributed by atoms with Gasteiger partial charge >= 0.3 is 12.1 Å². The summed E-state index contributed by atoms with van der Waals surface area (Å²) >= 11 is 0. The Morgan fingerprint density at radius 2 is 0.946 bits per heavy atom. The largest absolute Gasteiger partial charge is 0.460 e. The molecule has 0 aliphatic heterocycles. The minimum atomic E-state index is -4.48. The zero-order valence-electron chi connectivity index (χ0n) is 31.1. The summed E-state index contributed by atoms with van der Waals surface area (Å²) in [5.41, 5.74) is -0.123. The molecule has 0 fully saturated rings. The van der Waals surface area contributed by atoms with Gasteiger partial charge in [-0.2, -0.15) is 21.6 Å². The van der Waals surface area contributed by atoms with Crippen LogP contribution in [0.3, 0.4) is 0 Å². The van der Waals surface area contributed by atoms with E-state index in [1.807, 2.05) is 0 Å². The van der Waals surface area contributed by atoms with E-state index < -0.39 is 27.8 Å². The fourth-order valence-electron chi connectivity index (χ4n) is 4.47. The highest BCUT2D eigenvalue weighted by Gasteiger charge is 2.30. The summed E-state index contributed by atoms with van der Waals surface area (Å²) in [4.78, 5) is 12.7. The summed E-state index contributed by atoms with van der Waals surface area (Å²) < 4.78 is 117. The molecule has 0 unspecified atom stereocenters. The molecule has 0 amide bonds. The molecule has 312 valence electrons. The van der Waals surface area contributed by atoms with Crippen LogP contribution in [0.1, 0.15) is 15.9 Å². The third-order valence-corrected chi connectivity index (χ3v) is 8.51. The lowest BCUT2D eigenvalue weighted by Crippen LogP contribution is -2.16. The average Bonchev–Trinajstić information content (AvgIpc) is 3.19. The molecule has 56 heavy (non-hydrogen) atoms.